The molecule has 3 aromatic heterocycles. The van der Waals surface area contributed by atoms with Crippen LogP contribution in [0, 0.1) is 0 Å². The first-order chi connectivity index (χ1) is 16.5. The van der Waals surface area contributed by atoms with E-state index in [2.05, 4.69) is 40.3 Å². The third kappa shape index (κ3) is 4.64. The zero-order valence-electron chi connectivity index (χ0n) is 19.4. The number of carbonyl (C=O) groups is 1. The molecular weight excluding hydrogens is 444 g/mol. The molecule has 0 spiro atoms. The Kier molecular flexibility index (Phi) is 6.26. The summed E-state index contributed by atoms with van der Waals surface area (Å²) < 4.78 is 1.13. The number of ketones is 1. The van der Waals surface area contributed by atoms with E-state index in [4.69, 9.17) is 15.7 Å². The van der Waals surface area contributed by atoms with Crippen LogP contribution >= 0.6 is 11.3 Å². The van der Waals surface area contributed by atoms with Crippen molar-refractivity contribution in [3.05, 3.63) is 65.2 Å². The number of pyridine rings is 1. The fourth-order valence-electron chi connectivity index (χ4n) is 4.46. The van der Waals surface area contributed by atoms with E-state index in [1.54, 1.807) is 23.5 Å². The second kappa shape index (κ2) is 9.48. The van der Waals surface area contributed by atoms with E-state index in [1.807, 2.05) is 24.3 Å². The van der Waals surface area contributed by atoms with Crippen molar-refractivity contribution in [3.8, 4) is 11.4 Å². The summed E-state index contributed by atoms with van der Waals surface area (Å²) in [4.78, 5) is 31.3. The highest BCUT2D eigenvalue weighted by atomic mass is 32.1. The van der Waals surface area contributed by atoms with Crippen LogP contribution in [0.1, 0.15) is 28.8 Å². The van der Waals surface area contributed by atoms with Gasteiger partial charge < -0.3 is 15.5 Å². The molecule has 4 aromatic rings. The number of aromatic nitrogens is 3. The summed E-state index contributed by atoms with van der Waals surface area (Å²) in [6.07, 6.45) is 4.06. The molecule has 0 atom stereocenters. The van der Waals surface area contributed by atoms with Gasteiger partial charge in [-0.05, 0) is 62.1 Å². The molecule has 0 saturated carbocycles. The highest BCUT2D eigenvalue weighted by molar-refractivity contribution is 7.17. The molecule has 0 unspecified atom stereocenters. The zero-order valence-corrected chi connectivity index (χ0v) is 20.3. The lowest BCUT2D eigenvalue weighted by molar-refractivity contribution is 0.0992. The van der Waals surface area contributed by atoms with Gasteiger partial charge in [-0.15, -0.1) is 11.3 Å². The highest BCUT2D eigenvalue weighted by Crippen LogP contribution is 2.33. The summed E-state index contributed by atoms with van der Waals surface area (Å²) in [5, 5.41) is 2.08. The van der Waals surface area contributed by atoms with Gasteiger partial charge in [0, 0.05) is 42.9 Å². The number of rotatable bonds is 6. The lowest BCUT2D eigenvalue weighted by Gasteiger charge is -2.36. The van der Waals surface area contributed by atoms with E-state index in [0.29, 0.717) is 23.2 Å². The first-order valence-electron chi connectivity index (χ1n) is 11.5. The van der Waals surface area contributed by atoms with Crippen LogP contribution in [-0.2, 0) is 6.42 Å². The molecule has 5 rings (SSSR count). The quantitative estimate of drug-likeness (QED) is 0.419. The van der Waals surface area contributed by atoms with E-state index in [9.17, 15) is 4.79 Å². The Morgan fingerprint density at radius 2 is 1.97 bits per heavy atom. The molecule has 8 heteroatoms. The SMILES string of the molecule is CN(C)C1CCN(c2nc(-c3cccc(CC(=O)c4ccc(N)nc4)c3)nc3ccsc23)CC1. The average Bonchev–Trinajstić information content (AvgIpc) is 3.33. The third-order valence-corrected chi connectivity index (χ3v) is 7.34. The molecule has 0 radical (unpaired) electrons. The first kappa shape index (κ1) is 22.4. The van der Waals surface area contributed by atoms with Gasteiger partial charge in [0.2, 0.25) is 0 Å². The Balaban J connectivity index is 1.42. The molecule has 0 aliphatic carbocycles. The van der Waals surface area contributed by atoms with Crippen molar-refractivity contribution in [1.29, 1.82) is 0 Å². The van der Waals surface area contributed by atoms with Crippen molar-refractivity contribution in [3.63, 3.8) is 0 Å². The number of benzene rings is 1. The number of Topliss-reactive ketones (excluding diaryl/α,β-unsaturated/α-hetero) is 1. The number of thiophene rings is 1. The Bertz CT molecular complexity index is 1310. The summed E-state index contributed by atoms with van der Waals surface area (Å²) >= 11 is 1.69. The summed E-state index contributed by atoms with van der Waals surface area (Å²) in [7, 11) is 4.31. The first-order valence-corrected chi connectivity index (χ1v) is 12.4. The normalized spacial score (nSPS) is 14.7. The Morgan fingerprint density at radius 3 is 2.71 bits per heavy atom. The molecular formula is C26H28N6OS. The van der Waals surface area contributed by atoms with E-state index in [0.717, 1.165) is 53.1 Å². The summed E-state index contributed by atoms with van der Waals surface area (Å²) in [6.45, 7) is 1.97. The molecule has 0 bridgehead atoms. The van der Waals surface area contributed by atoms with Crippen LogP contribution < -0.4 is 10.6 Å². The van der Waals surface area contributed by atoms with Gasteiger partial charge in [-0.3, -0.25) is 4.79 Å². The van der Waals surface area contributed by atoms with E-state index < -0.39 is 0 Å². The smallest absolute Gasteiger partial charge is 0.168 e. The average molecular weight is 473 g/mol. The zero-order chi connectivity index (χ0) is 23.7. The summed E-state index contributed by atoms with van der Waals surface area (Å²) in [5.41, 5.74) is 8.99. The number of piperidine rings is 1. The van der Waals surface area contributed by atoms with Crippen LogP contribution in [0.5, 0.6) is 0 Å². The van der Waals surface area contributed by atoms with Crippen LogP contribution in [0.15, 0.2) is 54.0 Å². The number of hydrogen-bond acceptors (Lipinski definition) is 8. The Hall–Kier alpha value is -3.36. The number of anilines is 2. The molecule has 34 heavy (non-hydrogen) atoms. The van der Waals surface area contributed by atoms with Crippen LogP contribution in [0.25, 0.3) is 21.6 Å². The lowest BCUT2D eigenvalue weighted by atomic mass is 10.0. The van der Waals surface area contributed by atoms with Crippen LogP contribution in [0.3, 0.4) is 0 Å². The standard InChI is InChI=1S/C26H28N6OS/c1-31(2)20-8-11-32(12-9-20)26-24-21(10-13-34-24)29-25(30-26)18-5-3-4-17(14-18)15-22(33)19-6-7-23(27)28-16-19/h3-7,10,13-14,16,20H,8-9,11-12,15H2,1-2H3,(H2,27,28). The second-order valence-electron chi connectivity index (χ2n) is 8.96. The number of carbonyl (C=O) groups excluding carboxylic acids is 1. The minimum Gasteiger partial charge on any atom is -0.384 e. The third-order valence-electron chi connectivity index (χ3n) is 6.44. The van der Waals surface area contributed by atoms with Crippen molar-refractivity contribution in [2.75, 3.05) is 37.8 Å². The molecule has 1 fully saturated rings. The highest BCUT2D eigenvalue weighted by Gasteiger charge is 2.24. The topological polar surface area (TPSA) is 88.2 Å². The Morgan fingerprint density at radius 1 is 1.15 bits per heavy atom. The maximum atomic E-state index is 12.7. The van der Waals surface area contributed by atoms with Gasteiger partial charge >= 0.3 is 0 Å². The summed E-state index contributed by atoms with van der Waals surface area (Å²) in [5.74, 6) is 2.12. The lowest BCUT2D eigenvalue weighted by Crippen LogP contribution is -2.42. The molecule has 2 N–H and O–H groups in total. The monoisotopic (exact) mass is 472 g/mol. The molecule has 1 aliphatic rings. The summed E-state index contributed by atoms with van der Waals surface area (Å²) in [6, 6.07) is 14.0. The van der Waals surface area contributed by atoms with Crippen LogP contribution in [0.2, 0.25) is 0 Å². The van der Waals surface area contributed by atoms with Gasteiger partial charge in [0.1, 0.15) is 5.82 Å². The molecule has 1 aliphatic heterocycles. The number of nitrogen functional groups attached to an aromatic ring is 1. The van der Waals surface area contributed by atoms with Gasteiger partial charge in [0.25, 0.3) is 0 Å². The van der Waals surface area contributed by atoms with Crippen molar-refractivity contribution >= 4 is 39.0 Å². The fourth-order valence-corrected chi connectivity index (χ4v) is 5.31. The van der Waals surface area contributed by atoms with Gasteiger partial charge in [0.15, 0.2) is 17.4 Å². The molecule has 1 saturated heterocycles. The van der Waals surface area contributed by atoms with Crippen LogP contribution in [0.4, 0.5) is 11.6 Å². The predicted octanol–water partition coefficient (Wildman–Crippen LogP) is 4.29. The van der Waals surface area contributed by atoms with Crippen molar-refractivity contribution in [2.45, 2.75) is 25.3 Å². The van der Waals surface area contributed by atoms with Gasteiger partial charge in [-0.25, -0.2) is 15.0 Å². The molecule has 0 amide bonds. The van der Waals surface area contributed by atoms with Gasteiger partial charge in [-0.2, -0.15) is 0 Å². The van der Waals surface area contributed by atoms with E-state index >= 15 is 0 Å². The second-order valence-corrected chi connectivity index (χ2v) is 9.88. The van der Waals surface area contributed by atoms with E-state index in [-0.39, 0.29) is 12.2 Å². The molecule has 7 nitrogen and oxygen atoms in total. The van der Waals surface area contributed by atoms with Gasteiger partial charge in [-0.1, -0.05) is 18.2 Å². The van der Waals surface area contributed by atoms with Crippen molar-refractivity contribution < 1.29 is 4.79 Å². The minimum atomic E-state index is 0.00306. The van der Waals surface area contributed by atoms with Gasteiger partial charge in [0.05, 0.1) is 10.2 Å². The van der Waals surface area contributed by atoms with Crippen molar-refractivity contribution in [2.24, 2.45) is 0 Å². The van der Waals surface area contributed by atoms with E-state index in [1.165, 1.54) is 6.20 Å². The fraction of sp³-hybridized carbons (Fsp3) is 0.308. The number of nitrogens with two attached hydrogens (primary N) is 1. The maximum absolute atomic E-state index is 12.7. The predicted molar refractivity (Wildman–Crippen MR) is 138 cm³/mol. The van der Waals surface area contributed by atoms with Crippen molar-refractivity contribution in [1.82, 2.24) is 19.9 Å². The minimum absolute atomic E-state index is 0.00306. The Labute approximate surface area is 203 Å². The maximum Gasteiger partial charge on any atom is 0.168 e. The number of hydrogen-bond donors (Lipinski definition) is 1. The van der Waals surface area contributed by atoms with Crippen LogP contribution in [-0.4, -0.2) is 58.9 Å². The molecule has 1 aromatic carbocycles. The largest absolute Gasteiger partial charge is 0.384 e. The molecule has 174 valence electrons. The molecule has 4 heterocycles. The number of nitrogens with zero attached hydrogens (tertiary/aromatic N) is 5. The number of fused-ring (bicyclic) bond motifs is 1.